The Labute approximate surface area is 105 Å². The highest BCUT2D eigenvalue weighted by Gasteiger charge is 2.37. The molecule has 2 rings (SSSR count). The van der Waals surface area contributed by atoms with Gasteiger partial charge in [-0.05, 0) is 24.5 Å². The van der Waals surface area contributed by atoms with E-state index in [9.17, 15) is 9.59 Å². The molecule has 5 heteroatoms. The van der Waals surface area contributed by atoms with Crippen molar-refractivity contribution >= 4 is 11.9 Å². The first-order valence-electron chi connectivity index (χ1n) is 5.94. The summed E-state index contributed by atoms with van der Waals surface area (Å²) in [7, 11) is 0. The predicted octanol–water partition coefficient (Wildman–Crippen LogP) is 1.18. The van der Waals surface area contributed by atoms with Gasteiger partial charge in [-0.1, -0.05) is 13.0 Å². The van der Waals surface area contributed by atoms with E-state index in [0.717, 1.165) is 5.56 Å². The van der Waals surface area contributed by atoms with Crippen LogP contribution < -0.4 is 0 Å². The standard InChI is InChI=1S/C13H16N2O3/c1-8-4-3-5-14-11(8)12(16)15-6-9(2)10(7-15)13(17)18/h3-5,9-10H,6-7H2,1-2H3,(H,17,18)/t9-,10-/m1/s1. The number of aromatic nitrogens is 1. The fourth-order valence-electron chi connectivity index (χ4n) is 2.31. The molecule has 1 aromatic rings. The minimum atomic E-state index is -0.837. The van der Waals surface area contributed by atoms with Crippen LogP contribution in [0.3, 0.4) is 0 Å². The zero-order chi connectivity index (χ0) is 13.3. The van der Waals surface area contributed by atoms with Crippen molar-refractivity contribution in [1.29, 1.82) is 0 Å². The first kappa shape index (κ1) is 12.5. The maximum atomic E-state index is 12.3. The highest BCUT2D eigenvalue weighted by atomic mass is 16.4. The van der Waals surface area contributed by atoms with Crippen LogP contribution in [0, 0.1) is 18.8 Å². The number of aryl methyl sites for hydroxylation is 1. The average Bonchev–Trinajstić information content (AvgIpc) is 2.71. The van der Waals surface area contributed by atoms with Crippen LogP contribution in [0.1, 0.15) is 23.0 Å². The van der Waals surface area contributed by atoms with Gasteiger partial charge in [-0.3, -0.25) is 14.6 Å². The summed E-state index contributed by atoms with van der Waals surface area (Å²) in [5.41, 5.74) is 1.23. The van der Waals surface area contributed by atoms with E-state index < -0.39 is 11.9 Å². The van der Waals surface area contributed by atoms with Gasteiger partial charge in [0.15, 0.2) is 0 Å². The number of likely N-dealkylation sites (tertiary alicyclic amines) is 1. The molecule has 2 heterocycles. The molecule has 0 radical (unpaired) electrons. The van der Waals surface area contributed by atoms with Crippen LogP contribution in [0.15, 0.2) is 18.3 Å². The summed E-state index contributed by atoms with van der Waals surface area (Å²) in [5, 5.41) is 9.05. The number of nitrogens with zero attached hydrogens (tertiary/aromatic N) is 2. The number of amides is 1. The van der Waals surface area contributed by atoms with E-state index in [4.69, 9.17) is 5.11 Å². The molecule has 0 unspecified atom stereocenters. The fourth-order valence-corrected chi connectivity index (χ4v) is 2.31. The molecule has 5 nitrogen and oxygen atoms in total. The highest BCUT2D eigenvalue weighted by Crippen LogP contribution is 2.24. The number of pyridine rings is 1. The number of carbonyl (C=O) groups is 2. The van der Waals surface area contributed by atoms with Crippen LogP contribution in [-0.4, -0.2) is 40.0 Å². The summed E-state index contributed by atoms with van der Waals surface area (Å²) < 4.78 is 0. The normalized spacial score (nSPS) is 23.1. The number of hydrogen-bond acceptors (Lipinski definition) is 3. The van der Waals surface area contributed by atoms with Crippen LogP contribution in [0.4, 0.5) is 0 Å². The molecule has 2 atom stereocenters. The van der Waals surface area contributed by atoms with Gasteiger partial charge in [0, 0.05) is 19.3 Å². The molecule has 18 heavy (non-hydrogen) atoms. The summed E-state index contributed by atoms with van der Waals surface area (Å²) in [6, 6.07) is 3.60. The van der Waals surface area contributed by atoms with Crippen LogP contribution in [0.2, 0.25) is 0 Å². The van der Waals surface area contributed by atoms with Crippen molar-refractivity contribution in [3.05, 3.63) is 29.6 Å². The second kappa shape index (κ2) is 4.76. The van der Waals surface area contributed by atoms with Crippen LogP contribution >= 0.6 is 0 Å². The van der Waals surface area contributed by atoms with Crippen molar-refractivity contribution in [1.82, 2.24) is 9.88 Å². The Hall–Kier alpha value is -1.91. The van der Waals surface area contributed by atoms with Gasteiger partial charge in [0.25, 0.3) is 5.91 Å². The van der Waals surface area contributed by atoms with Crippen molar-refractivity contribution in [2.75, 3.05) is 13.1 Å². The molecule has 1 aliphatic heterocycles. The third-order valence-electron chi connectivity index (χ3n) is 3.43. The summed E-state index contributed by atoms with van der Waals surface area (Å²) in [6.07, 6.45) is 1.58. The second-order valence-corrected chi connectivity index (χ2v) is 4.80. The van der Waals surface area contributed by atoms with Crippen LogP contribution in [0.5, 0.6) is 0 Å². The Kier molecular flexibility index (Phi) is 3.32. The Bertz CT molecular complexity index is 487. The Balaban J connectivity index is 2.17. The molecular weight excluding hydrogens is 232 g/mol. The lowest BCUT2D eigenvalue weighted by Crippen LogP contribution is -2.31. The lowest BCUT2D eigenvalue weighted by Gasteiger charge is -2.16. The van der Waals surface area contributed by atoms with E-state index in [-0.39, 0.29) is 18.4 Å². The lowest BCUT2D eigenvalue weighted by atomic mass is 9.99. The molecule has 1 aliphatic rings. The Morgan fingerprint density at radius 3 is 2.72 bits per heavy atom. The first-order chi connectivity index (χ1) is 8.50. The first-order valence-corrected chi connectivity index (χ1v) is 5.94. The van der Waals surface area contributed by atoms with Crippen molar-refractivity contribution in [2.45, 2.75) is 13.8 Å². The monoisotopic (exact) mass is 248 g/mol. The minimum Gasteiger partial charge on any atom is -0.481 e. The molecule has 0 aromatic carbocycles. The molecule has 0 saturated carbocycles. The predicted molar refractivity (Wildman–Crippen MR) is 65.2 cm³/mol. The molecule has 1 fully saturated rings. The van der Waals surface area contributed by atoms with Crippen LogP contribution in [-0.2, 0) is 4.79 Å². The van der Waals surface area contributed by atoms with E-state index in [1.807, 2.05) is 19.9 Å². The van der Waals surface area contributed by atoms with Gasteiger partial charge >= 0.3 is 5.97 Å². The van der Waals surface area contributed by atoms with Crippen LogP contribution in [0.25, 0.3) is 0 Å². The van der Waals surface area contributed by atoms with Gasteiger partial charge in [-0.2, -0.15) is 0 Å². The third-order valence-corrected chi connectivity index (χ3v) is 3.43. The van der Waals surface area contributed by atoms with Gasteiger partial charge < -0.3 is 10.0 Å². The second-order valence-electron chi connectivity index (χ2n) is 4.80. The molecule has 1 saturated heterocycles. The van der Waals surface area contributed by atoms with Crippen molar-refractivity contribution < 1.29 is 14.7 Å². The van der Waals surface area contributed by atoms with Gasteiger partial charge in [0.05, 0.1) is 5.92 Å². The van der Waals surface area contributed by atoms with E-state index in [1.165, 1.54) is 0 Å². The van der Waals surface area contributed by atoms with Crippen molar-refractivity contribution in [3.63, 3.8) is 0 Å². The summed E-state index contributed by atoms with van der Waals surface area (Å²) in [6.45, 7) is 4.43. The maximum absolute atomic E-state index is 12.3. The lowest BCUT2D eigenvalue weighted by molar-refractivity contribution is -0.142. The largest absolute Gasteiger partial charge is 0.481 e. The van der Waals surface area contributed by atoms with Crippen molar-refractivity contribution in [2.24, 2.45) is 11.8 Å². The molecule has 0 bridgehead atoms. The number of hydrogen-bond donors (Lipinski definition) is 1. The minimum absolute atomic E-state index is 0.0181. The van der Waals surface area contributed by atoms with Crippen molar-refractivity contribution in [3.8, 4) is 0 Å². The number of aliphatic carboxylic acids is 1. The number of carboxylic acids is 1. The topological polar surface area (TPSA) is 70.5 Å². The Morgan fingerprint density at radius 2 is 2.17 bits per heavy atom. The van der Waals surface area contributed by atoms with Gasteiger partial charge in [-0.15, -0.1) is 0 Å². The summed E-state index contributed by atoms with van der Waals surface area (Å²) >= 11 is 0. The Morgan fingerprint density at radius 1 is 1.44 bits per heavy atom. The quantitative estimate of drug-likeness (QED) is 0.853. The highest BCUT2D eigenvalue weighted by molar-refractivity contribution is 5.94. The molecule has 0 spiro atoms. The zero-order valence-electron chi connectivity index (χ0n) is 10.5. The maximum Gasteiger partial charge on any atom is 0.308 e. The molecule has 1 N–H and O–H groups in total. The molecule has 1 amide bonds. The molecule has 1 aromatic heterocycles. The SMILES string of the molecule is Cc1cccnc1C(=O)N1C[C@@H](C)[C@H](C(=O)O)C1. The summed E-state index contributed by atoms with van der Waals surface area (Å²) in [5.74, 6) is -1.51. The smallest absolute Gasteiger partial charge is 0.308 e. The van der Waals surface area contributed by atoms with Gasteiger partial charge in [-0.25, -0.2) is 0 Å². The summed E-state index contributed by atoms with van der Waals surface area (Å²) in [4.78, 5) is 28.9. The number of carboxylic acid groups (broad SMARTS) is 1. The number of carbonyl (C=O) groups excluding carboxylic acids is 1. The van der Waals surface area contributed by atoms with E-state index in [0.29, 0.717) is 12.2 Å². The molecule has 96 valence electrons. The van der Waals surface area contributed by atoms with E-state index in [2.05, 4.69) is 4.98 Å². The fraction of sp³-hybridized carbons (Fsp3) is 0.462. The molecule has 0 aliphatic carbocycles. The third kappa shape index (κ3) is 2.20. The van der Waals surface area contributed by atoms with E-state index in [1.54, 1.807) is 17.2 Å². The van der Waals surface area contributed by atoms with Gasteiger partial charge in [0.2, 0.25) is 0 Å². The average molecular weight is 248 g/mol. The molecular formula is C13H16N2O3. The van der Waals surface area contributed by atoms with E-state index >= 15 is 0 Å². The zero-order valence-corrected chi connectivity index (χ0v) is 10.5. The van der Waals surface area contributed by atoms with Gasteiger partial charge in [0.1, 0.15) is 5.69 Å². The number of rotatable bonds is 2.